The van der Waals surface area contributed by atoms with Gasteiger partial charge < -0.3 is 14.6 Å². The van der Waals surface area contributed by atoms with Crippen LogP contribution in [0.3, 0.4) is 0 Å². The van der Waals surface area contributed by atoms with Crippen molar-refractivity contribution in [3.63, 3.8) is 0 Å². The van der Waals surface area contributed by atoms with Crippen molar-refractivity contribution in [2.75, 3.05) is 19.8 Å². The van der Waals surface area contributed by atoms with Gasteiger partial charge in [-0.3, -0.25) is 0 Å². The molecule has 2 atom stereocenters. The summed E-state index contributed by atoms with van der Waals surface area (Å²) in [5.74, 6) is -0.810. The van der Waals surface area contributed by atoms with Gasteiger partial charge in [0.25, 0.3) is 0 Å². The van der Waals surface area contributed by atoms with Gasteiger partial charge in [0, 0.05) is 11.3 Å². The van der Waals surface area contributed by atoms with Gasteiger partial charge in [-0.2, -0.15) is 0 Å². The summed E-state index contributed by atoms with van der Waals surface area (Å²) in [4.78, 5) is 24.0. The van der Waals surface area contributed by atoms with Crippen LogP contribution in [0.5, 0.6) is 0 Å². The molecular formula is C20H20O5. The summed E-state index contributed by atoms with van der Waals surface area (Å²) < 4.78 is 10.6. The molecule has 0 saturated heterocycles. The van der Waals surface area contributed by atoms with Crippen LogP contribution in [0.15, 0.2) is 60.7 Å². The van der Waals surface area contributed by atoms with E-state index in [1.165, 1.54) is 0 Å². The summed E-state index contributed by atoms with van der Waals surface area (Å²) in [6.45, 7) is 0.213. The fourth-order valence-corrected chi connectivity index (χ4v) is 2.78. The lowest BCUT2D eigenvalue weighted by atomic mass is 10.1. The largest absolute Gasteiger partial charge is 0.462 e. The molecule has 0 heterocycles. The Morgan fingerprint density at radius 1 is 0.920 bits per heavy atom. The molecule has 0 aliphatic heterocycles. The highest BCUT2D eigenvalue weighted by atomic mass is 16.5. The number of aliphatic hydroxyl groups excluding tert-OH is 1. The van der Waals surface area contributed by atoms with Crippen LogP contribution < -0.4 is 0 Å². The van der Waals surface area contributed by atoms with E-state index in [1.807, 2.05) is 12.1 Å². The molecule has 1 N–H and O–H groups in total. The van der Waals surface area contributed by atoms with Crippen LogP contribution in [0.4, 0.5) is 0 Å². The van der Waals surface area contributed by atoms with Crippen molar-refractivity contribution in [2.45, 2.75) is 6.42 Å². The Balaban J connectivity index is 1.49. The third-order valence-electron chi connectivity index (χ3n) is 4.60. The minimum absolute atomic E-state index is 0.00580. The Morgan fingerprint density at radius 3 is 1.96 bits per heavy atom. The van der Waals surface area contributed by atoms with Gasteiger partial charge in [0.05, 0.1) is 30.9 Å². The monoisotopic (exact) mass is 340 g/mol. The summed E-state index contributed by atoms with van der Waals surface area (Å²) >= 11 is 0. The molecule has 130 valence electrons. The number of carbonyl (C=O) groups excluding carboxylic acids is 2. The molecule has 3 rings (SSSR count). The Labute approximate surface area is 146 Å². The number of esters is 2. The van der Waals surface area contributed by atoms with Crippen molar-refractivity contribution in [1.29, 1.82) is 0 Å². The zero-order chi connectivity index (χ0) is 17.7. The quantitative estimate of drug-likeness (QED) is 0.785. The molecule has 2 aromatic rings. The molecule has 25 heavy (non-hydrogen) atoms. The van der Waals surface area contributed by atoms with Crippen LogP contribution in [0.25, 0.3) is 0 Å². The zero-order valence-electron chi connectivity index (χ0n) is 13.8. The third-order valence-corrected chi connectivity index (χ3v) is 4.60. The molecule has 0 spiro atoms. The maximum Gasteiger partial charge on any atom is 0.338 e. The van der Waals surface area contributed by atoms with Gasteiger partial charge in [0.1, 0.15) is 0 Å². The molecule has 0 unspecified atom stereocenters. The Kier molecular flexibility index (Phi) is 5.14. The van der Waals surface area contributed by atoms with Crippen LogP contribution in [0.2, 0.25) is 0 Å². The number of carbonyl (C=O) groups is 2. The first-order valence-electron chi connectivity index (χ1n) is 8.20. The maximum atomic E-state index is 12.0. The van der Waals surface area contributed by atoms with Gasteiger partial charge in [-0.05, 0) is 30.7 Å². The normalized spacial score (nSPS) is 21.4. The molecular weight excluding hydrogens is 320 g/mol. The highest BCUT2D eigenvalue weighted by Crippen LogP contribution is 2.52. The van der Waals surface area contributed by atoms with Crippen molar-refractivity contribution >= 4 is 11.9 Å². The molecule has 0 amide bonds. The van der Waals surface area contributed by atoms with Crippen LogP contribution in [-0.2, 0) is 9.47 Å². The van der Waals surface area contributed by atoms with E-state index in [-0.39, 0.29) is 31.7 Å². The lowest BCUT2D eigenvalue weighted by Gasteiger charge is -2.15. The average Bonchev–Trinajstić information content (AvgIpc) is 3.39. The van der Waals surface area contributed by atoms with Crippen molar-refractivity contribution in [2.24, 2.45) is 11.3 Å². The molecule has 5 heteroatoms. The minimum atomic E-state index is -0.512. The van der Waals surface area contributed by atoms with E-state index in [1.54, 1.807) is 48.5 Å². The van der Waals surface area contributed by atoms with Crippen molar-refractivity contribution < 1.29 is 24.2 Å². The molecule has 1 fully saturated rings. The van der Waals surface area contributed by atoms with E-state index in [4.69, 9.17) is 9.47 Å². The van der Waals surface area contributed by atoms with Gasteiger partial charge in [0.15, 0.2) is 0 Å². The Hall–Kier alpha value is -2.66. The molecule has 0 aromatic heterocycles. The maximum absolute atomic E-state index is 12.0. The van der Waals surface area contributed by atoms with Crippen LogP contribution >= 0.6 is 0 Å². The Morgan fingerprint density at radius 2 is 1.44 bits per heavy atom. The molecule has 0 bridgehead atoms. The second kappa shape index (κ2) is 7.49. The molecule has 1 aliphatic rings. The second-order valence-corrected chi connectivity index (χ2v) is 6.33. The van der Waals surface area contributed by atoms with E-state index < -0.39 is 11.4 Å². The predicted octanol–water partition coefficient (Wildman–Crippen LogP) is 2.70. The van der Waals surface area contributed by atoms with Gasteiger partial charge in [0.2, 0.25) is 0 Å². The lowest BCUT2D eigenvalue weighted by molar-refractivity contribution is 0.0253. The number of aliphatic hydroxyl groups is 1. The lowest BCUT2D eigenvalue weighted by Crippen LogP contribution is -2.22. The summed E-state index contributed by atoms with van der Waals surface area (Å²) in [5.41, 5.74) is 0.457. The fraction of sp³-hybridized carbons (Fsp3) is 0.300. The minimum Gasteiger partial charge on any atom is -0.462 e. The first-order chi connectivity index (χ1) is 12.1. The summed E-state index contributed by atoms with van der Waals surface area (Å²) in [7, 11) is 0. The van der Waals surface area contributed by atoms with Gasteiger partial charge >= 0.3 is 11.9 Å². The van der Waals surface area contributed by atoms with Crippen LogP contribution in [0, 0.1) is 11.3 Å². The summed E-state index contributed by atoms with van der Waals surface area (Å²) in [5, 5.41) is 9.66. The number of rotatable bonds is 7. The van der Waals surface area contributed by atoms with E-state index in [0.29, 0.717) is 17.5 Å². The molecule has 2 aromatic carbocycles. The highest BCUT2D eigenvalue weighted by Gasteiger charge is 2.55. The topological polar surface area (TPSA) is 72.8 Å². The van der Waals surface area contributed by atoms with E-state index >= 15 is 0 Å². The zero-order valence-corrected chi connectivity index (χ0v) is 13.8. The number of hydrogen-bond donors (Lipinski definition) is 1. The van der Waals surface area contributed by atoms with Gasteiger partial charge in [-0.25, -0.2) is 9.59 Å². The van der Waals surface area contributed by atoms with Crippen molar-refractivity contribution in [3.05, 3.63) is 71.8 Å². The molecule has 1 aliphatic carbocycles. The van der Waals surface area contributed by atoms with Crippen LogP contribution in [0.1, 0.15) is 27.1 Å². The SMILES string of the molecule is O=C(OC[C@@H]1C[C@]1(CO)COC(=O)c1ccccc1)c1ccccc1. The highest BCUT2D eigenvalue weighted by molar-refractivity contribution is 5.89. The Bertz CT molecular complexity index is 728. The van der Waals surface area contributed by atoms with Gasteiger partial charge in [-0.1, -0.05) is 36.4 Å². The number of ether oxygens (including phenoxy) is 2. The van der Waals surface area contributed by atoms with E-state index in [0.717, 1.165) is 0 Å². The summed E-state index contributed by atoms with van der Waals surface area (Å²) in [6, 6.07) is 17.5. The van der Waals surface area contributed by atoms with Gasteiger partial charge in [-0.15, -0.1) is 0 Å². The average molecular weight is 340 g/mol. The number of hydrogen-bond acceptors (Lipinski definition) is 5. The first-order valence-corrected chi connectivity index (χ1v) is 8.20. The van der Waals surface area contributed by atoms with Crippen molar-refractivity contribution in [3.8, 4) is 0 Å². The van der Waals surface area contributed by atoms with E-state index in [2.05, 4.69) is 0 Å². The van der Waals surface area contributed by atoms with Crippen LogP contribution in [-0.4, -0.2) is 36.9 Å². The first kappa shape index (κ1) is 17.2. The molecule has 0 radical (unpaired) electrons. The fourth-order valence-electron chi connectivity index (χ4n) is 2.78. The molecule has 5 nitrogen and oxygen atoms in total. The van der Waals surface area contributed by atoms with E-state index in [9.17, 15) is 14.7 Å². The standard InChI is InChI=1S/C20H20O5/c21-13-20(14-25-19(23)16-9-5-2-6-10-16)11-17(20)12-24-18(22)15-7-3-1-4-8-15/h1-10,17,21H,11-14H2/t17-,20-/m0/s1. The second-order valence-electron chi connectivity index (χ2n) is 6.33. The number of benzene rings is 2. The third kappa shape index (κ3) is 4.06. The molecule has 1 saturated carbocycles. The van der Waals surface area contributed by atoms with Crippen molar-refractivity contribution in [1.82, 2.24) is 0 Å². The predicted molar refractivity (Wildman–Crippen MR) is 91.1 cm³/mol. The summed E-state index contributed by atoms with van der Waals surface area (Å²) in [6.07, 6.45) is 0.660. The smallest absolute Gasteiger partial charge is 0.338 e.